The van der Waals surface area contributed by atoms with Crippen LogP contribution in [0.15, 0.2) is 6.33 Å². The van der Waals surface area contributed by atoms with Gasteiger partial charge in [-0.25, -0.2) is 9.67 Å². The minimum absolute atomic E-state index is 0.241. The lowest BCUT2D eigenvalue weighted by Crippen LogP contribution is -2.26. The van der Waals surface area contributed by atoms with E-state index in [4.69, 9.17) is 0 Å². The molecule has 0 bridgehead atoms. The number of aliphatic hydroxyl groups is 1. The summed E-state index contributed by atoms with van der Waals surface area (Å²) in [5.41, 5.74) is 0. The number of hydrogen-bond donors (Lipinski definition) is 1. The quantitative estimate of drug-likeness (QED) is 0.827. The highest BCUT2D eigenvalue weighted by atomic mass is 16.3. The highest BCUT2D eigenvalue weighted by Crippen LogP contribution is 2.20. The zero-order chi connectivity index (χ0) is 13.0. The molecule has 4 nitrogen and oxygen atoms in total. The average Bonchev–Trinajstić information content (AvgIpc) is 2.59. The minimum Gasteiger partial charge on any atom is -0.393 e. The van der Waals surface area contributed by atoms with Gasteiger partial charge in [0, 0.05) is 13.0 Å². The maximum atomic E-state index is 9.80. The van der Waals surface area contributed by atoms with Gasteiger partial charge in [-0.1, -0.05) is 27.7 Å². The molecular formula is C13H25N3O. The number of hydrogen-bond acceptors (Lipinski definition) is 3. The Morgan fingerprint density at radius 1 is 1.24 bits per heavy atom. The van der Waals surface area contributed by atoms with Crippen molar-refractivity contribution in [1.29, 1.82) is 0 Å². The molecule has 0 aromatic carbocycles. The van der Waals surface area contributed by atoms with Crippen LogP contribution < -0.4 is 0 Å². The predicted molar refractivity (Wildman–Crippen MR) is 68.6 cm³/mol. The minimum atomic E-state index is -0.306. The monoisotopic (exact) mass is 239 g/mol. The fraction of sp³-hybridized carbons (Fsp3) is 0.846. The number of aliphatic hydroxyl groups excluding tert-OH is 1. The molecule has 98 valence electrons. The fourth-order valence-electron chi connectivity index (χ4n) is 2.12. The SMILES string of the molecule is CC(C)Cn1ncnc1CC(C(C)C)C(C)O. The summed E-state index contributed by atoms with van der Waals surface area (Å²) in [5.74, 6) is 2.22. The molecule has 1 heterocycles. The van der Waals surface area contributed by atoms with Crippen molar-refractivity contribution in [3.63, 3.8) is 0 Å². The van der Waals surface area contributed by atoms with Gasteiger partial charge in [0.2, 0.25) is 0 Å². The largest absolute Gasteiger partial charge is 0.393 e. The summed E-state index contributed by atoms with van der Waals surface area (Å²) in [7, 11) is 0. The number of aromatic nitrogens is 3. The lowest BCUT2D eigenvalue weighted by molar-refractivity contribution is 0.0954. The van der Waals surface area contributed by atoms with Gasteiger partial charge in [-0.3, -0.25) is 0 Å². The van der Waals surface area contributed by atoms with Crippen molar-refractivity contribution >= 4 is 0 Å². The summed E-state index contributed by atoms with van der Waals surface area (Å²) in [6.45, 7) is 11.4. The molecule has 1 N–H and O–H groups in total. The molecule has 1 aromatic heterocycles. The molecule has 1 aromatic rings. The molecule has 17 heavy (non-hydrogen) atoms. The van der Waals surface area contributed by atoms with Crippen LogP contribution in [0.4, 0.5) is 0 Å². The summed E-state index contributed by atoms with van der Waals surface area (Å²) in [6.07, 6.45) is 2.10. The first kappa shape index (κ1) is 14.2. The van der Waals surface area contributed by atoms with Crippen LogP contribution in [0.5, 0.6) is 0 Å². The molecule has 0 amide bonds. The van der Waals surface area contributed by atoms with Crippen molar-refractivity contribution in [2.24, 2.45) is 17.8 Å². The van der Waals surface area contributed by atoms with Gasteiger partial charge in [0.25, 0.3) is 0 Å². The lowest BCUT2D eigenvalue weighted by atomic mass is 9.88. The highest BCUT2D eigenvalue weighted by molar-refractivity contribution is 4.90. The zero-order valence-corrected chi connectivity index (χ0v) is 11.6. The molecule has 0 radical (unpaired) electrons. The van der Waals surface area contributed by atoms with Crippen molar-refractivity contribution in [3.05, 3.63) is 12.2 Å². The summed E-state index contributed by atoms with van der Waals surface area (Å²) in [6, 6.07) is 0. The predicted octanol–water partition coefficient (Wildman–Crippen LogP) is 2.13. The Balaban J connectivity index is 2.76. The van der Waals surface area contributed by atoms with Crippen LogP contribution in [-0.4, -0.2) is 26.0 Å². The average molecular weight is 239 g/mol. The van der Waals surface area contributed by atoms with Gasteiger partial charge < -0.3 is 5.11 Å². The van der Waals surface area contributed by atoms with Gasteiger partial charge in [0.1, 0.15) is 12.2 Å². The van der Waals surface area contributed by atoms with Gasteiger partial charge in [-0.15, -0.1) is 0 Å². The summed E-state index contributed by atoms with van der Waals surface area (Å²) in [4.78, 5) is 4.31. The van der Waals surface area contributed by atoms with Crippen molar-refractivity contribution < 1.29 is 5.11 Å². The Labute approximate surface area is 104 Å². The van der Waals surface area contributed by atoms with Gasteiger partial charge >= 0.3 is 0 Å². The molecule has 0 aliphatic rings. The molecule has 0 fully saturated rings. The van der Waals surface area contributed by atoms with Crippen LogP contribution >= 0.6 is 0 Å². The third-order valence-corrected chi connectivity index (χ3v) is 3.13. The van der Waals surface area contributed by atoms with Crippen molar-refractivity contribution in [2.45, 2.75) is 53.7 Å². The van der Waals surface area contributed by atoms with E-state index in [0.717, 1.165) is 18.8 Å². The van der Waals surface area contributed by atoms with E-state index < -0.39 is 0 Å². The number of nitrogens with zero attached hydrogens (tertiary/aromatic N) is 3. The molecule has 1 rings (SSSR count). The standard InChI is InChI=1S/C13H25N3O/c1-9(2)7-16-13(14-8-15-16)6-12(10(3)4)11(5)17/h8-12,17H,6-7H2,1-5H3. The van der Waals surface area contributed by atoms with Gasteiger partial charge in [0.15, 0.2) is 0 Å². The second-order valence-corrected chi connectivity index (χ2v) is 5.60. The van der Waals surface area contributed by atoms with Crippen LogP contribution in [0.2, 0.25) is 0 Å². The van der Waals surface area contributed by atoms with Crippen molar-refractivity contribution in [2.75, 3.05) is 0 Å². The molecule has 4 heteroatoms. The summed E-state index contributed by atoms with van der Waals surface area (Å²) in [5, 5.41) is 14.0. The van der Waals surface area contributed by atoms with Crippen LogP contribution in [0, 0.1) is 17.8 Å². The lowest BCUT2D eigenvalue weighted by Gasteiger charge is -2.23. The molecule has 0 spiro atoms. The first-order valence-corrected chi connectivity index (χ1v) is 6.46. The Morgan fingerprint density at radius 2 is 1.88 bits per heavy atom. The van der Waals surface area contributed by atoms with E-state index >= 15 is 0 Å². The molecule has 2 atom stereocenters. The Kier molecular flexibility index (Phi) is 5.12. The maximum absolute atomic E-state index is 9.80. The summed E-state index contributed by atoms with van der Waals surface area (Å²) >= 11 is 0. The van der Waals surface area contributed by atoms with E-state index in [1.807, 2.05) is 11.6 Å². The normalized spacial score (nSPS) is 15.5. The summed E-state index contributed by atoms with van der Waals surface area (Å²) < 4.78 is 1.96. The van der Waals surface area contributed by atoms with E-state index in [2.05, 4.69) is 37.8 Å². The fourth-order valence-corrected chi connectivity index (χ4v) is 2.12. The van der Waals surface area contributed by atoms with Crippen LogP contribution in [0.3, 0.4) is 0 Å². The van der Waals surface area contributed by atoms with E-state index in [1.165, 1.54) is 0 Å². The second kappa shape index (κ2) is 6.15. The van der Waals surface area contributed by atoms with E-state index in [9.17, 15) is 5.11 Å². The van der Waals surface area contributed by atoms with E-state index in [1.54, 1.807) is 6.33 Å². The van der Waals surface area contributed by atoms with Gasteiger partial charge in [-0.05, 0) is 24.7 Å². The molecule has 0 aliphatic heterocycles. The third kappa shape index (κ3) is 4.11. The maximum Gasteiger partial charge on any atom is 0.138 e. The van der Waals surface area contributed by atoms with Crippen molar-refractivity contribution in [3.8, 4) is 0 Å². The van der Waals surface area contributed by atoms with Crippen LogP contribution in [0.25, 0.3) is 0 Å². The molecule has 0 saturated carbocycles. The van der Waals surface area contributed by atoms with Crippen LogP contribution in [-0.2, 0) is 13.0 Å². The van der Waals surface area contributed by atoms with E-state index in [0.29, 0.717) is 11.8 Å². The van der Waals surface area contributed by atoms with Crippen molar-refractivity contribution in [1.82, 2.24) is 14.8 Å². The van der Waals surface area contributed by atoms with Gasteiger partial charge in [0.05, 0.1) is 6.10 Å². The first-order valence-electron chi connectivity index (χ1n) is 6.46. The molecule has 0 aliphatic carbocycles. The van der Waals surface area contributed by atoms with E-state index in [-0.39, 0.29) is 12.0 Å². The highest BCUT2D eigenvalue weighted by Gasteiger charge is 2.22. The van der Waals surface area contributed by atoms with Gasteiger partial charge in [-0.2, -0.15) is 5.10 Å². The Bertz CT molecular complexity index is 323. The Morgan fingerprint density at radius 3 is 2.35 bits per heavy atom. The molecular weight excluding hydrogens is 214 g/mol. The Hall–Kier alpha value is -0.900. The molecule has 2 unspecified atom stereocenters. The first-order chi connectivity index (χ1) is 7.91. The second-order valence-electron chi connectivity index (χ2n) is 5.60. The third-order valence-electron chi connectivity index (χ3n) is 3.13. The zero-order valence-electron chi connectivity index (χ0n) is 11.6. The number of rotatable bonds is 6. The molecule has 0 saturated heterocycles. The topological polar surface area (TPSA) is 50.9 Å². The van der Waals surface area contributed by atoms with Crippen LogP contribution in [0.1, 0.15) is 40.4 Å². The smallest absolute Gasteiger partial charge is 0.138 e.